The quantitative estimate of drug-likeness (QED) is 0.681. The van der Waals surface area contributed by atoms with Crippen LogP contribution in [0.1, 0.15) is 22.7 Å². The lowest BCUT2D eigenvalue weighted by molar-refractivity contribution is -0.120. The predicted octanol–water partition coefficient (Wildman–Crippen LogP) is 3.82. The molecule has 0 saturated carbocycles. The summed E-state index contributed by atoms with van der Waals surface area (Å²) in [5, 5.41) is 6.18. The first-order valence-electron chi connectivity index (χ1n) is 8.57. The molecule has 2 N–H and O–H groups in total. The van der Waals surface area contributed by atoms with Crippen LogP contribution in [0.3, 0.4) is 0 Å². The van der Waals surface area contributed by atoms with Gasteiger partial charge in [0.2, 0.25) is 5.91 Å². The fourth-order valence-electron chi connectivity index (χ4n) is 2.78. The third-order valence-electron chi connectivity index (χ3n) is 4.14. The van der Waals surface area contributed by atoms with Crippen LogP contribution in [0.4, 0.5) is 4.39 Å². The second-order valence-corrected chi connectivity index (χ2v) is 6.04. The normalized spacial score (nSPS) is 11.7. The molecule has 3 rings (SSSR count). The van der Waals surface area contributed by atoms with Crippen LogP contribution in [0.15, 0.2) is 84.9 Å². The number of carbonyl (C=O) groups is 1. The highest BCUT2D eigenvalue weighted by Gasteiger charge is 2.15. The molecule has 3 aromatic carbocycles. The Hall–Kier alpha value is -2.98. The summed E-state index contributed by atoms with van der Waals surface area (Å²) in [7, 11) is 0. The Morgan fingerprint density at radius 1 is 0.808 bits per heavy atom. The SMILES string of the molecule is O=C(CNC(c1ccccc1)c1ccc(F)cc1)NCc1ccccc1. The monoisotopic (exact) mass is 348 g/mol. The second-order valence-electron chi connectivity index (χ2n) is 6.04. The van der Waals surface area contributed by atoms with Crippen molar-refractivity contribution in [2.45, 2.75) is 12.6 Å². The van der Waals surface area contributed by atoms with Crippen LogP contribution in [0.2, 0.25) is 0 Å². The van der Waals surface area contributed by atoms with Crippen LogP contribution in [-0.2, 0) is 11.3 Å². The smallest absolute Gasteiger partial charge is 0.234 e. The lowest BCUT2D eigenvalue weighted by Gasteiger charge is -2.20. The average molecular weight is 348 g/mol. The molecule has 0 radical (unpaired) electrons. The van der Waals surface area contributed by atoms with Crippen LogP contribution < -0.4 is 10.6 Å². The average Bonchev–Trinajstić information content (AvgIpc) is 2.69. The molecule has 3 aromatic rings. The van der Waals surface area contributed by atoms with Gasteiger partial charge in [0.15, 0.2) is 0 Å². The Kier molecular flexibility index (Phi) is 6.12. The van der Waals surface area contributed by atoms with E-state index < -0.39 is 0 Å². The van der Waals surface area contributed by atoms with Gasteiger partial charge in [-0.1, -0.05) is 72.8 Å². The maximum atomic E-state index is 13.2. The van der Waals surface area contributed by atoms with Gasteiger partial charge in [0.1, 0.15) is 5.82 Å². The van der Waals surface area contributed by atoms with Gasteiger partial charge < -0.3 is 5.32 Å². The molecule has 4 heteroatoms. The van der Waals surface area contributed by atoms with Gasteiger partial charge >= 0.3 is 0 Å². The van der Waals surface area contributed by atoms with Crippen LogP contribution in [-0.4, -0.2) is 12.5 Å². The summed E-state index contributed by atoms with van der Waals surface area (Å²) >= 11 is 0. The van der Waals surface area contributed by atoms with Gasteiger partial charge in [0, 0.05) is 6.54 Å². The maximum Gasteiger partial charge on any atom is 0.234 e. The van der Waals surface area contributed by atoms with E-state index in [-0.39, 0.29) is 24.3 Å². The lowest BCUT2D eigenvalue weighted by atomic mass is 9.98. The van der Waals surface area contributed by atoms with E-state index >= 15 is 0 Å². The molecule has 1 unspecified atom stereocenters. The third-order valence-corrected chi connectivity index (χ3v) is 4.14. The lowest BCUT2D eigenvalue weighted by Crippen LogP contribution is -2.35. The Morgan fingerprint density at radius 3 is 2.04 bits per heavy atom. The summed E-state index contributed by atoms with van der Waals surface area (Å²) < 4.78 is 13.2. The van der Waals surface area contributed by atoms with E-state index in [0.29, 0.717) is 6.54 Å². The Balaban J connectivity index is 1.64. The molecule has 0 fully saturated rings. The number of rotatable bonds is 7. The molecule has 132 valence electrons. The first-order chi connectivity index (χ1) is 12.7. The highest BCUT2D eigenvalue weighted by Crippen LogP contribution is 2.22. The summed E-state index contributed by atoms with van der Waals surface area (Å²) in [6.45, 7) is 0.664. The molecular formula is C22H21FN2O. The van der Waals surface area contributed by atoms with Crippen molar-refractivity contribution in [1.29, 1.82) is 0 Å². The summed E-state index contributed by atoms with van der Waals surface area (Å²) in [6.07, 6.45) is 0. The van der Waals surface area contributed by atoms with Crippen LogP contribution in [0.5, 0.6) is 0 Å². The van der Waals surface area contributed by atoms with Gasteiger partial charge in [-0.3, -0.25) is 10.1 Å². The number of carbonyl (C=O) groups excluding carboxylic acids is 1. The summed E-state index contributed by atoms with van der Waals surface area (Å²) in [6, 6.07) is 25.8. The van der Waals surface area contributed by atoms with Crippen molar-refractivity contribution in [2.24, 2.45) is 0 Å². The molecule has 26 heavy (non-hydrogen) atoms. The molecule has 3 nitrogen and oxygen atoms in total. The fraction of sp³-hybridized carbons (Fsp3) is 0.136. The van der Waals surface area contributed by atoms with E-state index in [0.717, 1.165) is 16.7 Å². The van der Waals surface area contributed by atoms with Crippen molar-refractivity contribution in [1.82, 2.24) is 10.6 Å². The number of halogens is 1. The molecule has 0 saturated heterocycles. The van der Waals surface area contributed by atoms with Crippen molar-refractivity contribution in [2.75, 3.05) is 6.54 Å². The van der Waals surface area contributed by atoms with Crippen molar-refractivity contribution in [3.05, 3.63) is 107 Å². The first kappa shape index (κ1) is 17.8. The third kappa shape index (κ3) is 5.01. The molecule has 1 amide bonds. The van der Waals surface area contributed by atoms with E-state index in [1.54, 1.807) is 12.1 Å². The molecule has 0 spiro atoms. The van der Waals surface area contributed by atoms with E-state index in [9.17, 15) is 9.18 Å². The van der Waals surface area contributed by atoms with Gasteiger partial charge in [-0.05, 0) is 28.8 Å². The molecule has 0 bridgehead atoms. The van der Waals surface area contributed by atoms with Gasteiger partial charge in [-0.2, -0.15) is 0 Å². The number of hydrogen-bond donors (Lipinski definition) is 2. The highest BCUT2D eigenvalue weighted by molar-refractivity contribution is 5.78. The van der Waals surface area contributed by atoms with Gasteiger partial charge in [-0.15, -0.1) is 0 Å². The zero-order valence-electron chi connectivity index (χ0n) is 14.4. The minimum Gasteiger partial charge on any atom is -0.351 e. The minimum absolute atomic E-state index is 0.0862. The van der Waals surface area contributed by atoms with E-state index in [1.165, 1.54) is 12.1 Å². The molecular weight excluding hydrogens is 327 g/mol. The molecule has 0 aliphatic heterocycles. The van der Waals surface area contributed by atoms with Gasteiger partial charge in [0.25, 0.3) is 0 Å². The highest BCUT2D eigenvalue weighted by atomic mass is 19.1. The summed E-state index contributed by atoms with van der Waals surface area (Å²) in [5.41, 5.74) is 2.99. The van der Waals surface area contributed by atoms with Gasteiger partial charge in [0.05, 0.1) is 12.6 Å². The molecule has 0 aliphatic rings. The molecule has 0 heterocycles. The number of benzene rings is 3. The van der Waals surface area contributed by atoms with E-state index in [1.807, 2.05) is 60.7 Å². The van der Waals surface area contributed by atoms with Crippen LogP contribution in [0, 0.1) is 5.82 Å². The Bertz CT molecular complexity index is 820. The number of nitrogens with one attached hydrogen (secondary N) is 2. The van der Waals surface area contributed by atoms with Crippen LogP contribution >= 0.6 is 0 Å². The van der Waals surface area contributed by atoms with Crippen molar-refractivity contribution < 1.29 is 9.18 Å². The summed E-state index contributed by atoms with van der Waals surface area (Å²) in [5.74, 6) is -0.363. The maximum absolute atomic E-state index is 13.2. The van der Waals surface area contributed by atoms with Gasteiger partial charge in [-0.25, -0.2) is 4.39 Å². The zero-order chi connectivity index (χ0) is 18.2. The Morgan fingerprint density at radius 2 is 1.38 bits per heavy atom. The predicted molar refractivity (Wildman–Crippen MR) is 101 cm³/mol. The first-order valence-corrected chi connectivity index (χ1v) is 8.57. The standard InChI is InChI=1S/C22H21FN2O/c23-20-13-11-19(12-14-20)22(18-9-5-2-6-10-18)25-16-21(26)24-15-17-7-3-1-4-8-17/h1-14,22,25H,15-16H2,(H,24,26). The zero-order valence-corrected chi connectivity index (χ0v) is 14.4. The molecule has 0 aromatic heterocycles. The van der Waals surface area contributed by atoms with E-state index in [2.05, 4.69) is 10.6 Å². The van der Waals surface area contributed by atoms with Crippen molar-refractivity contribution in [3.8, 4) is 0 Å². The largest absolute Gasteiger partial charge is 0.351 e. The molecule has 0 aliphatic carbocycles. The number of hydrogen-bond acceptors (Lipinski definition) is 2. The Labute approximate surface area is 152 Å². The molecule has 1 atom stereocenters. The van der Waals surface area contributed by atoms with E-state index in [4.69, 9.17) is 0 Å². The fourth-order valence-corrected chi connectivity index (χ4v) is 2.78. The second kappa shape index (κ2) is 8.92. The summed E-state index contributed by atoms with van der Waals surface area (Å²) in [4.78, 5) is 12.2. The van der Waals surface area contributed by atoms with Crippen molar-refractivity contribution in [3.63, 3.8) is 0 Å². The minimum atomic E-state index is -0.277. The van der Waals surface area contributed by atoms with Crippen LogP contribution in [0.25, 0.3) is 0 Å². The number of amides is 1. The topological polar surface area (TPSA) is 41.1 Å². The van der Waals surface area contributed by atoms with Crippen molar-refractivity contribution >= 4 is 5.91 Å².